The number of amides is 1. The molecule has 48 heavy (non-hydrogen) atoms. The number of ether oxygens (including phenoxy) is 2. The van der Waals surface area contributed by atoms with Gasteiger partial charge in [-0.3, -0.25) is 22.9 Å². The van der Waals surface area contributed by atoms with Crippen molar-refractivity contribution >= 4 is 71.5 Å². The number of carbonyl (C=O) groups is 1. The second-order valence-corrected chi connectivity index (χ2v) is 17.6. The molecule has 2 bridgehead atoms. The summed E-state index contributed by atoms with van der Waals surface area (Å²) in [6.45, 7) is -8.87. The van der Waals surface area contributed by atoms with E-state index in [-0.39, 0.29) is 46.4 Å². The van der Waals surface area contributed by atoms with Crippen LogP contribution in [-0.4, -0.2) is 93.3 Å². The number of imidazole rings is 1. The van der Waals surface area contributed by atoms with Crippen molar-refractivity contribution in [3.8, 4) is 0 Å². The van der Waals surface area contributed by atoms with Crippen molar-refractivity contribution in [3.63, 3.8) is 0 Å². The summed E-state index contributed by atoms with van der Waals surface area (Å²) < 4.78 is 84.4. The molecule has 2 spiro atoms. The molecule has 254 valence electrons. The molecule has 3 aromatic heterocycles. The minimum Gasteiger partial charge on any atom is -0.382 e. The number of benzene rings is 1. The summed E-state index contributed by atoms with van der Waals surface area (Å²) in [4.78, 5) is 35.4. The van der Waals surface area contributed by atoms with Gasteiger partial charge in [-0.25, -0.2) is 33.0 Å². The van der Waals surface area contributed by atoms with E-state index in [1.54, 1.807) is 0 Å². The summed E-state index contributed by atoms with van der Waals surface area (Å²) in [7, 11) is 0. The number of thiol groups is 1. The standard InChI is InChI=1S/C24H23F2N9O9P2S2/c25-12-17-24(39-21(12)34-7-31-14-18(27)29-6-30-20(14)34)5-11(24)42-45(37,47)43-15-16(26)23(4-10(23)41-46(38,48)44-17)40-22(15)35-9-3-1-2-8(19(28)36)13(9)32-33-35/h1-3,6-7,10-12,15-17,21-22H,4-5H2,(H2,28,36)(H,37,47)(H,38,48)(H2,27,29,30)/t10?,11-,12-,15-,16+,17+,21-,22-,23?,24?,45?,46?/m1/s1. The SMILES string of the molecule is NC(=O)c1cccc2c1nnn2[C@@H]1OC23CC2OP(O)(=S)O[C@H]2[C@@H](F)[C@H](n4cnc5c(N)ncnc54)OC24C[C@H]4OP(=O)(S)O[C@@H]1[C@@H]3F. The van der Waals surface area contributed by atoms with Gasteiger partial charge in [0.2, 0.25) is 0 Å². The van der Waals surface area contributed by atoms with Gasteiger partial charge in [0.15, 0.2) is 36.3 Å². The molecule has 1 aromatic carbocycles. The zero-order valence-corrected chi connectivity index (χ0v) is 27.4. The maximum absolute atomic E-state index is 16.4. The van der Waals surface area contributed by atoms with E-state index in [2.05, 4.69) is 37.5 Å². The van der Waals surface area contributed by atoms with Gasteiger partial charge in [0.05, 0.1) is 17.4 Å². The lowest BCUT2D eigenvalue weighted by Crippen LogP contribution is -2.35. The molecule has 5 aliphatic rings. The number of rotatable bonds is 3. The monoisotopic (exact) mass is 745 g/mol. The Morgan fingerprint density at radius 1 is 1.06 bits per heavy atom. The van der Waals surface area contributed by atoms with Crippen molar-refractivity contribution in [1.82, 2.24) is 34.5 Å². The van der Waals surface area contributed by atoms with Crippen molar-refractivity contribution in [2.24, 2.45) is 5.73 Å². The number of fused-ring (bicyclic) bond motifs is 3. The number of carbonyl (C=O) groups excluding carboxylic acids is 1. The number of halogens is 2. The average Bonchev–Trinajstić information content (AvgIpc) is 3.57. The van der Waals surface area contributed by atoms with Crippen molar-refractivity contribution in [2.45, 2.75) is 73.3 Å². The summed E-state index contributed by atoms with van der Waals surface area (Å²) in [6.07, 6.45) is -10.5. The number of hydrogen-bond donors (Lipinski definition) is 4. The number of nitrogens with zero attached hydrogens (tertiary/aromatic N) is 7. The molecular weight excluding hydrogens is 722 g/mol. The van der Waals surface area contributed by atoms with Crippen LogP contribution >= 0.6 is 25.8 Å². The second kappa shape index (κ2) is 10.2. The molecule has 1 amide bonds. The van der Waals surface area contributed by atoms with Crippen LogP contribution in [0.15, 0.2) is 30.9 Å². The van der Waals surface area contributed by atoms with Gasteiger partial charge in [0.25, 0.3) is 5.91 Å². The minimum absolute atomic E-state index is 0.0473. The first-order valence-electron chi connectivity index (χ1n) is 14.3. The first-order valence-corrected chi connectivity index (χ1v) is 19.6. The van der Waals surface area contributed by atoms with Crippen molar-refractivity contribution in [1.29, 1.82) is 0 Å². The molecule has 6 heterocycles. The summed E-state index contributed by atoms with van der Waals surface area (Å²) in [5, 5.41) is 8.07. The largest absolute Gasteiger partial charge is 0.387 e. The van der Waals surface area contributed by atoms with Crippen LogP contribution in [0, 0.1) is 0 Å². The predicted molar refractivity (Wildman–Crippen MR) is 163 cm³/mol. The number of hydrogen-bond acceptors (Lipinski definition) is 15. The van der Waals surface area contributed by atoms with Crippen LogP contribution in [0.3, 0.4) is 0 Å². The van der Waals surface area contributed by atoms with E-state index in [1.807, 2.05) is 0 Å². The van der Waals surface area contributed by atoms with E-state index in [9.17, 15) is 14.3 Å². The Bertz CT molecular complexity index is 2150. The molecule has 24 heteroatoms. The fraction of sp³-hybridized carbons (Fsp3) is 0.500. The number of aromatic nitrogens is 7. The van der Waals surface area contributed by atoms with Gasteiger partial charge in [-0.2, -0.15) is 0 Å². The highest BCUT2D eigenvalue weighted by Crippen LogP contribution is 2.70. The van der Waals surface area contributed by atoms with Crippen LogP contribution in [0.2, 0.25) is 0 Å². The quantitative estimate of drug-likeness (QED) is 0.173. The van der Waals surface area contributed by atoms with Gasteiger partial charge >= 0.3 is 13.5 Å². The maximum atomic E-state index is 16.4. The van der Waals surface area contributed by atoms with Gasteiger partial charge < -0.3 is 30.4 Å². The third-order valence-corrected chi connectivity index (χ3v) is 12.4. The molecule has 12 atom stereocenters. The van der Waals surface area contributed by atoms with Crippen LogP contribution in [0.25, 0.3) is 22.2 Å². The fourth-order valence-corrected chi connectivity index (χ4v) is 10.4. The maximum Gasteiger partial charge on any atom is 0.387 e. The lowest BCUT2D eigenvalue weighted by atomic mass is 10.1. The molecule has 5 unspecified atom stereocenters. The molecular formula is C24H23F2N9O9P2S2. The van der Waals surface area contributed by atoms with E-state index >= 15 is 8.78 Å². The van der Waals surface area contributed by atoms with Crippen LogP contribution in [0.1, 0.15) is 35.7 Å². The van der Waals surface area contributed by atoms with E-state index in [0.29, 0.717) is 0 Å². The summed E-state index contributed by atoms with van der Waals surface area (Å²) in [5.41, 5.74) is 8.65. The lowest BCUT2D eigenvalue weighted by Gasteiger charge is -2.26. The number of nitrogens with two attached hydrogens (primary N) is 2. The summed E-state index contributed by atoms with van der Waals surface area (Å²) in [5.74, 6) is -0.724. The molecule has 3 aliphatic heterocycles. The Morgan fingerprint density at radius 2 is 1.81 bits per heavy atom. The minimum atomic E-state index is -4.51. The summed E-state index contributed by atoms with van der Waals surface area (Å²) in [6, 6.07) is 4.49. The number of primary amides is 1. The van der Waals surface area contributed by atoms with Crippen LogP contribution in [0.5, 0.6) is 0 Å². The highest BCUT2D eigenvalue weighted by molar-refractivity contribution is 8.44. The topological polar surface area (TPSA) is 236 Å². The molecule has 5 N–H and O–H groups in total. The van der Waals surface area contributed by atoms with E-state index in [4.69, 9.17) is 50.8 Å². The Hall–Kier alpha value is -2.75. The van der Waals surface area contributed by atoms with Gasteiger partial charge in [-0.1, -0.05) is 23.5 Å². The summed E-state index contributed by atoms with van der Waals surface area (Å²) >= 11 is 9.44. The zero-order chi connectivity index (χ0) is 33.5. The number of nitrogen functional groups attached to an aromatic ring is 1. The lowest BCUT2D eigenvalue weighted by molar-refractivity contribution is -0.0715. The van der Waals surface area contributed by atoms with E-state index in [1.165, 1.54) is 35.4 Å². The normalized spacial score (nSPS) is 43.5. The molecule has 0 radical (unpaired) electrons. The molecule has 3 saturated heterocycles. The third kappa shape index (κ3) is 4.48. The molecule has 4 aromatic rings. The van der Waals surface area contributed by atoms with Gasteiger partial charge in [-0.05, 0) is 23.9 Å². The first-order chi connectivity index (χ1) is 22.7. The Kier molecular flexibility index (Phi) is 6.62. The van der Waals surface area contributed by atoms with Gasteiger partial charge in [-0.15, -0.1) is 5.10 Å². The molecule has 9 rings (SSSR count). The second-order valence-electron chi connectivity index (χ2n) is 12.1. The molecule has 2 saturated carbocycles. The Labute approximate surface area is 277 Å². The van der Waals surface area contributed by atoms with E-state index < -0.39 is 79.8 Å². The smallest absolute Gasteiger partial charge is 0.382 e. The third-order valence-electron chi connectivity index (χ3n) is 9.23. The van der Waals surface area contributed by atoms with Crippen LogP contribution in [-0.2, 0) is 43.9 Å². The average molecular weight is 746 g/mol. The Morgan fingerprint density at radius 3 is 2.60 bits per heavy atom. The van der Waals surface area contributed by atoms with Crippen LogP contribution < -0.4 is 11.5 Å². The molecule has 2 aliphatic carbocycles. The zero-order valence-electron chi connectivity index (χ0n) is 23.9. The van der Waals surface area contributed by atoms with Crippen molar-refractivity contribution < 1.29 is 50.6 Å². The van der Waals surface area contributed by atoms with Crippen molar-refractivity contribution in [3.05, 3.63) is 36.4 Å². The fourth-order valence-electron chi connectivity index (χ4n) is 6.83. The predicted octanol–water partition coefficient (Wildman–Crippen LogP) is 1.78. The molecule has 5 fully saturated rings. The molecule has 18 nitrogen and oxygen atoms in total. The van der Waals surface area contributed by atoms with Crippen molar-refractivity contribution in [2.75, 3.05) is 5.73 Å². The van der Waals surface area contributed by atoms with Crippen LogP contribution in [0.4, 0.5) is 14.6 Å². The highest BCUT2D eigenvalue weighted by atomic mass is 32.7. The Balaban J connectivity index is 1.08. The number of alkyl halides is 2. The van der Waals surface area contributed by atoms with E-state index in [0.717, 1.165) is 4.68 Å². The van der Waals surface area contributed by atoms with Gasteiger partial charge in [0, 0.05) is 12.8 Å². The first kappa shape index (κ1) is 31.2. The number of anilines is 1. The highest BCUT2D eigenvalue weighted by Gasteiger charge is 2.77. The van der Waals surface area contributed by atoms with Gasteiger partial charge in [0.1, 0.15) is 53.0 Å².